The quantitative estimate of drug-likeness (QED) is 0.810. The molecule has 2 aliphatic rings. The molecular weight excluding hydrogens is 256 g/mol. The van der Waals surface area contributed by atoms with Crippen LogP contribution in [0.25, 0.3) is 0 Å². The van der Waals surface area contributed by atoms with E-state index in [1.165, 1.54) is 0 Å². The molecule has 0 aromatic heterocycles. The van der Waals surface area contributed by atoms with Crippen molar-refractivity contribution in [2.75, 3.05) is 0 Å². The van der Waals surface area contributed by atoms with Gasteiger partial charge in [0.2, 0.25) is 0 Å². The van der Waals surface area contributed by atoms with Gasteiger partial charge in [-0.25, -0.2) is 4.79 Å². The van der Waals surface area contributed by atoms with Crippen LogP contribution in [0.2, 0.25) is 0 Å². The molecule has 2 aliphatic heterocycles. The first kappa shape index (κ1) is 14.4. The normalized spacial score (nSPS) is 24.0. The highest BCUT2D eigenvalue weighted by atomic mass is 16.2. The van der Waals surface area contributed by atoms with Crippen molar-refractivity contribution in [1.82, 2.24) is 4.90 Å². The van der Waals surface area contributed by atoms with E-state index in [4.69, 9.17) is 5.73 Å². The number of hydrogen-bond donors (Lipinski definition) is 1. The number of amides is 2. The monoisotopic (exact) mass is 276 g/mol. The van der Waals surface area contributed by atoms with Gasteiger partial charge in [0.15, 0.2) is 11.3 Å². The minimum Gasteiger partial charge on any atom is -0.351 e. The lowest BCUT2D eigenvalue weighted by molar-refractivity contribution is 0.101. The fourth-order valence-electron chi connectivity index (χ4n) is 2.48. The molecule has 0 bridgehead atoms. The molecule has 7 heteroatoms. The second kappa shape index (κ2) is 4.81. The molecule has 0 aromatic carbocycles. The van der Waals surface area contributed by atoms with Crippen LogP contribution in [0, 0.1) is 0 Å². The Labute approximate surface area is 118 Å². The minimum atomic E-state index is -0.717. The van der Waals surface area contributed by atoms with Crippen LogP contribution in [-0.4, -0.2) is 59.2 Å². The van der Waals surface area contributed by atoms with Gasteiger partial charge in [-0.1, -0.05) is 0 Å². The maximum absolute atomic E-state index is 11.9. The van der Waals surface area contributed by atoms with Crippen LogP contribution >= 0.6 is 0 Å². The number of rotatable bonds is 4. The summed E-state index contributed by atoms with van der Waals surface area (Å²) in [7, 11) is 0. The molecule has 2 atom stereocenters. The Morgan fingerprint density at radius 2 is 1.25 bits per heavy atom. The molecule has 20 heavy (non-hydrogen) atoms. The van der Waals surface area contributed by atoms with E-state index in [1.807, 2.05) is 27.7 Å². The summed E-state index contributed by atoms with van der Waals surface area (Å²) in [5.41, 5.74) is 4.14. The summed E-state index contributed by atoms with van der Waals surface area (Å²) in [6, 6.07) is -1.12. The molecule has 2 rings (SSSR count). The predicted molar refractivity (Wildman–Crippen MR) is 81.1 cm³/mol. The molecular formula is C13H20N6O. The van der Waals surface area contributed by atoms with Gasteiger partial charge in [0.25, 0.3) is 0 Å². The van der Waals surface area contributed by atoms with E-state index in [-0.39, 0.29) is 12.1 Å². The Morgan fingerprint density at radius 1 is 0.950 bits per heavy atom. The predicted octanol–water partition coefficient (Wildman–Crippen LogP) is 0.887. The Hall–Kier alpha value is -2.05. The summed E-state index contributed by atoms with van der Waals surface area (Å²) >= 11 is 0. The first-order valence-electron chi connectivity index (χ1n) is 6.56. The smallest absolute Gasteiger partial charge is 0.315 e. The van der Waals surface area contributed by atoms with Gasteiger partial charge in [0.1, 0.15) is 0 Å². The van der Waals surface area contributed by atoms with Crippen LogP contribution in [0.4, 0.5) is 4.79 Å². The largest absolute Gasteiger partial charge is 0.351 e. The first-order valence-corrected chi connectivity index (χ1v) is 6.56. The third kappa shape index (κ3) is 2.23. The fourth-order valence-corrected chi connectivity index (χ4v) is 2.48. The zero-order valence-corrected chi connectivity index (χ0v) is 12.2. The molecule has 0 aliphatic carbocycles. The molecule has 2 N–H and O–H groups in total. The van der Waals surface area contributed by atoms with Crippen LogP contribution in [0.15, 0.2) is 20.0 Å². The van der Waals surface area contributed by atoms with E-state index >= 15 is 0 Å². The lowest BCUT2D eigenvalue weighted by atomic mass is 9.97. The van der Waals surface area contributed by atoms with Gasteiger partial charge in [-0.15, -0.1) is 0 Å². The Kier molecular flexibility index (Phi) is 3.45. The summed E-state index contributed by atoms with van der Waals surface area (Å²) in [6.45, 7) is 7.49. The molecule has 2 amide bonds. The second-order valence-corrected chi connectivity index (χ2v) is 5.40. The summed E-state index contributed by atoms with van der Waals surface area (Å²) in [5.74, 6) is 0. The van der Waals surface area contributed by atoms with Crippen molar-refractivity contribution in [3.05, 3.63) is 0 Å². The van der Waals surface area contributed by atoms with Crippen molar-refractivity contribution < 1.29 is 4.79 Å². The number of primary amides is 1. The Morgan fingerprint density at radius 3 is 1.50 bits per heavy atom. The number of carbonyl (C=O) groups excluding carboxylic acids is 1. The highest BCUT2D eigenvalue weighted by Gasteiger charge is 2.44. The zero-order valence-electron chi connectivity index (χ0n) is 12.2. The lowest BCUT2D eigenvalue weighted by Gasteiger charge is -2.42. The van der Waals surface area contributed by atoms with Gasteiger partial charge in [-0.05, 0) is 27.7 Å². The second-order valence-electron chi connectivity index (χ2n) is 5.40. The van der Waals surface area contributed by atoms with Gasteiger partial charge >= 0.3 is 6.03 Å². The van der Waals surface area contributed by atoms with E-state index in [2.05, 4.69) is 20.0 Å². The molecule has 0 saturated carbocycles. The van der Waals surface area contributed by atoms with Gasteiger partial charge in [0, 0.05) is 24.9 Å². The molecule has 0 fully saturated rings. The van der Waals surface area contributed by atoms with Crippen molar-refractivity contribution in [2.24, 2.45) is 25.7 Å². The summed E-state index contributed by atoms with van der Waals surface area (Å²) in [5, 5.41) is 0. The zero-order chi connectivity index (χ0) is 15.0. The molecule has 0 spiro atoms. The standard InChI is InChI=1S/C13H20N6O/c1-9(12(3)15-5-6-16-12)19(11(14)20)10(2)13(4)17-7-8-18-13/h5-10H,1-4H3,(H2,14,20). The van der Waals surface area contributed by atoms with Crippen molar-refractivity contribution >= 4 is 30.9 Å². The fraction of sp³-hybridized carbons (Fsp3) is 0.615. The number of hydrogen-bond acceptors (Lipinski definition) is 5. The Balaban J connectivity index is 2.30. The molecule has 2 heterocycles. The van der Waals surface area contributed by atoms with Crippen LogP contribution in [0.5, 0.6) is 0 Å². The van der Waals surface area contributed by atoms with Crippen LogP contribution in [0.3, 0.4) is 0 Å². The van der Waals surface area contributed by atoms with Crippen LogP contribution in [-0.2, 0) is 0 Å². The first-order chi connectivity index (χ1) is 9.30. The summed E-state index contributed by atoms with van der Waals surface area (Å²) in [6.07, 6.45) is 6.53. The van der Waals surface area contributed by atoms with E-state index < -0.39 is 17.4 Å². The SMILES string of the molecule is CC(N(C(N)=O)C(C)C1(C)N=CC=N1)C1(C)N=CC=N1. The molecule has 0 saturated heterocycles. The number of carbonyl (C=O) groups is 1. The summed E-state index contributed by atoms with van der Waals surface area (Å²) < 4.78 is 0. The van der Waals surface area contributed by atoms with Crippen molar-refractivity contribution in [3.63, 3.8) is 0 Å². The minimum absolute atomic E-state index is 0.298. The maximum Gasteiger partial charge on any atom is 0.315 e. The summed E-state index contributed by atoms with van der Waals surface area (Å²) in [4.78, 5) is 30.8. The van der Waals surface area contributed by atoms with Gasteiger partial charge in [0.05, 0.1) is 12.1 Å². The van der Waals surface area contributed by atoms with Gasteiger partial charge in [-0.2, -0.15) is 0 Å². The molecule has 2 unspecified atom stereocenters. The van der Waals surface area contributed by atoms with Crippen LogP contribution in [0.1, 0.15) is 27.7 Å². The average molecular weight is 276 g/mol. The van der Waals surface area contributed by atoms with Crippen LogP contribution < -0.4 is 5.73 Å². The van der Waals surface area contributed by atoms with E-state index in [0.29, 0.717) is 0 Å². The average Bonchev–Trinajstić information content (AvgIpc) is 2.99. The third-order valence-electron chi connectivity index (χ3n) is 4.15. The number of urea groups is 1. The van der Waals surface area contributed by atoms with Gasteiger partial charge < -0.3 is 10.6 Å². The molecule has 108 valence electrons. The van der Waals surface area contributed by atoms with Gasteiger partial charge in [-0.3, -0.25) is 20.0 Å². The highest BCUT2D eigenvalue weighted by Crippen LogP contribution is 2.31. The van der Waals surface area contributed by atoms with E-state index in [9.17, 15) is 4.79 Å². The van der Waals surface area contributed by atoms with Crippen molar-refractivity contribution in [1.29, 1.82) is 0 Å². The third-order valence-corrected chi connectivity index (χ3v) is 4.15. The van der Waals surface area contributed by atoms with Crippen molar-refractivity contribution in [2.45, 2.75) is 51.1 Å². The number of aliphatic imine (C=N–C) groups is 4. The molecule has 0 radical (unpaired) electrons. The number of nitrogens with zero attached hydrogens (tertiary/aromatic N) is 5. The van der Waals surface area contributed by atoms with Crippen molar-refractivity contribution in [3.8, 4) is 0 Å². The Bertz CT molecular complexity index is 457. The maximum atomic E-state index is 11.9. The number of nitrogens with two attached hydrogens (primary N) is 1. The lowest BCUT2D eigenvalue weighted by Crippen LogP contribution is -2.59. The highest BCUT2D eigenvalue weighted by molar-refractivity contribution is 6.18. The van der Waals surface area contributed by atoms with E-state index in [0.717, 1.165) is 0 Å². The molecule has 0 aromatic rings. The van der Waals surface area contributed by atoms with E-state index in [1.54, 1.807) is 29.8 Å². The topological polar surface area (TPSA) is 95.8 Å². The molecule has 7 nitrogen and oxygen atoms in total.